The van der Waals surface area contributed by atoms with Crippen LogP contribution >= 0.6 is 0 Å². The van der Waals surface area contributed by atoms with Crippen LogP contribution in [-0.4, -0.2) is 13.7 Å². The first-order valence-electron chi connectivity index (χ1n) is 6.02. The Morgan fingerprint density at radius 1 is 1.19 bits per heavy atom. The molecule has 90 valence electrons. The molecule has 1 aromatic rings. The summed E-state index contributed by atoms with van der Waals surface area (Å²) in [4.78, 5) is 0. The van der Waals surface area contributed by atoms with E-state index >= 15 is 0 Å². The Morgan fingerprint density at radius 3 is 2.31 bits per heavy atom. The van der Waals surface area contributed by atoms with Crippen molar-refractivity contribution in [1.82, 2.24) is 5.32 Å². The monoisotopic (exact) mass is 221 g/mol. The lowest BCUT2D eigenvalue weighted by Gasteiger charge is -2.24. The number of benzene rings is 1. The minimum absolute atomic E-state index is 0.0158. The highest BCUT2D eigenvalue weighted by molar-refractivity contribution is 5.31. The van der Waals surface area contributed by atoms with Crippen LogP contribution < -0.4 is 10.1 Å². The van der Waals surface area contributed by atoms with Crippen LogP contribution in [0.25, 0.3) is 0 Å². The maximum atomic E-state index is 5.63. The molecule has 0 bridgehead atoms. The highest BCUT2D eigenvalue weighted by atomic mass is 16.5. The number of hydrogen-bond acceptors (Lipinski definition) is 2. The zero-order chi connectivity index (χ0) is 12.0. The van der Waals surface area contributed by atoms with E-state index in [2.05, 4.69) is 38.2 Å². The molecule has 1 N–H and O–H groups in total. The Hall–Kier alpha value is -1.02. The van der Waals surface area contributed by atoms with Gasteiger partial charge in [-0.25, -0.2) is 0 Å². The summed E-state index contributed by atoms with van der Waals surface area (Å²) < 4.78 is 5.63. The molecule has 0 spiro atoms. The van der Waals surface area contributed by atoms with E-state index in [-0.39, 0.29) is 5.54 Å². The SMILES string of the molecule is CCCCOc1ccc(C(C)(C)NC)cc1. The molecule has 0 saturated heterocycles. The molecule has 0 radical (unpaired) electrons. The normalized spacial score (nSPS) is 11.5. The van der Waals surface area contributed by atoms with Gasteiger partial charge in [0.25, 0.3) is 0 Å². The minimum Gasteiger partial charge on any atom is -0.494 e. The van der Waals surface area contributed by atoms with E-state index in [9.17, 15) is 0 Å². The number of ether oxygens (including phenoxy) is 1. The summed E-state index contributed by atoms with van der Waals surface area (Å²) >= 11 is 0. The second-order valence-corrected chi connectivity index (χ2v) is 4.60. The Kier molecular flexibility index (Phi) is 4.81. The van der Waals surface area contributed by atoms with Gasteiger partial charge in [-0.3, -0.25) is 0 Å². The molecule has 0 saturated carbocycles. The van der Waals surface area contributed by atoms with Gasteiger partial charge in [-0.15, -0.1) is 0 Å². The molecule has 0 fully saturated rings. The van der Waals surface area contributed by atoms with Crippen LogP contribution in [-0.2, 0) is 5.54 Å². The van der Waals surface area contributed by atoms with Crippen molar-refractivity contribution in [3.63, 3.8) is 0 Å². The second-order valence-electron chi connectivity index (χ2n) is 4.60. The van der Waals surface area contributed by atoms with Gasteiger partial charge in [0.2, 0.25) is 0 Å². The highest BCUT2D eigenvalue weighted by Gasteiger charge is 2.16. The fourth-order valence-corrected chi connectivity index (χ4v) is 1.45. The van der Waals surface area contributed by atoms with Crippen molar-refractivity contribution in [2.24, 2.45) is 0 Å². The van der Waals surface area contributed by atoms with E-state index in [0.29, 0.717) is 0 Å². The zero-order valence-electron chi connectivity index (χ0n) is 10.8. The largest absolute Gasteiger partial charge is 0.494 e. The van der Waals surface area contributed by atoms with Crippen molar-refractivity contribution < 1.29 is 4.74 Å². The van der Waals surface area contributed by atoms with E-state index in [1.807, 2.05) is 19.2 Å². The third-order valence-corrected chi connectivity index (χ3v) is 2.97. The molecule has 2 heteroatoms. The van der Waals surface area contributed by atoms with Crippen LogP contribution in [0.4, 0.5) is 0 Å². The average Bonchev–Trinajstić information content (AvgIpc) is 2.30. The number of nitrogens with one attached hydrogen (secondary N) is 1. The lowest BCUT2D eigenvalue weighted by atomic mass is 9.95. The fraction of sp³-hybridized carbons (Fsp3) is 0.571. The van der Waals surface area contributed by atoms with Crippen molar-refractivity contribution in [2.45, 2.75) is 39.2 Å². The molecular formula is C14H23NO. The van der Waals surface area contributed by atoms with E-state index in [0.717, 1.165) is 18.8 Å². The molecule has 0 aliphatic heterocycles. The Balaban J connectivity index is 2.61. The summed E-state index contributed by atoms with van der Waals surface area (Å²) in [5, 5.41) is 3.29. The molecule has 0 amide bonds. The van der Waals surface area contributed by atoms with Crippen LogP contribution in [0.3, 0.4) is 0 Å². The molecule has 0 atom stereocenters. The minimum atomic E-state index is 0.0158. The Morgan fingerprint density at radius 2 is 1.81 bits per heavy atom. The zero-order valence-corrected chi connectivity index (χ0v) is 10.8. The van der Waals surface area contributed by atoms with E-state index in [1.54, 1.807) is 0 Å². The average molecular weight is 221 g/mol. The maximum Gasteiger partial charge on any atom is 0.119 e. The van der Waals surface area contributed by atoms with Crippen molar-refractivity contribution in [3.05, 3.63) is 29.8 Å². The molecule has 2 nitrogen and oxygen atoms in total. The van der Waals surface area contributed by atoms with Gasteiger partial charge in [-0.2, -0.15) is 0 Å². The third-order valence-electron chi connectivity index (χ3n) is 2.97. The van der Waals surface area contributed by atoms with Gasteiger partial charge in [0, 0.05) is 5.54 Å². The lowest BCUT2D eigenvalue weighted by Crippen LogP contribution is -2.32. The van der Waals surface area contributed by atoms with Crippen molar-refractivity contribution in [3.8, 4) is 5.75 Å². The summed E-state index contributed by atoms with van der Waals surface area (Å²) in [6.45, 7) is 7.31. The first kappa shape index (κ1) is 13.0. The molecule has 0 heterocycles. The number of rotatable bonds is 6. The molecule has 1 rings (SSSR count). The molecule has 0 aliphatic carbocycles. The standard InChI is InChI=1S/C14H23NO/c1-5-6-11-16-13-9-7-12(8-10-13)14(2,3)15-4/h7-10,15H,5-6,11H2,1-4H3. The van der Waals surface area contributed by atoms with Crippen molar-refractivity contribution in [1.29, 1.82) is 0 Å². The van der Waals surface area contributed by atoms with E-state index in [1.165, 1.54) is 12.0 Å². The van der Waals surface area contributed by atoms with Gasteiger partial charge in [0.1, 0.15) is 5.75 Å². The van der Waals surface area contributed by atoms with Crippen LogP contribution in [0.5, 0.6) is 5.75 Å². The second kappa shape index (κ2) is 5.90. The fourth-order valence-electron chi connectivity index (χ4n) is 1.45. The van der Waals surface area contributed by atoms with Crippen LogP contribution in [0.15, 0.2) is 24.3 Å². The topological polar surface area (TPSA) is 21.3 Å². The molecule has 0 aromatic heterocycles. The first-order chi connectivity index (χ1) is 7.60. The van der Waals surface area contributed by atoms with Crippen LogP contribution in [0.1, 0.15) is 39.2 Å². The van der Waals surface area contributed by atoms with Gasteiger partial charge in [0.15, 0.2) is 0 Å². The Bertz CT molecular complexity index is 303. The number of unbranched alkanes of at least 4 members (excludes halogenated alkanes) is 1. The number of hydrogen-bond donors (Lipinski definition) is 1. The smallest absolute Gasteiger partial charge is 0.119 e. The van der Waals surface area contributed by atoms with E-state index < -0.39 is 0 Å². The van der Waals surface area contributed by atoms with Gasteiger partial charge in [-0.05, 0) is 45.0 Å². The van der Waals surface area contributed by atoms with Gasteiger partial charge in [0.05, 0.1) is 6.61 Å². The molecule has 1 aromatic carbocycles. The summed E-state index contributed by atoms with van der Waals surface area (Å²) in [5.74, 6) is 0.962. The Labute approximate surface area is 99.0 Å². The molecule has 0 unspecified atom stereocenters. The third kappa shape index (κ3) is 3.53. The maximum absolute atomic E-state index is 5.63. The van der Waals surface area contributed by atoms with Crippen molar-refractivity contribution in [2.75, 3.05) is 13.7 Å². The first-order valence-corrected chi connectivity index (χ1v) is 6.02. The predicted octanol–water partition coefficient (Wildman–Crippen LogP) is 3.32. The lowest BCUT2D eigenvalue weighted by molar-refractivity contribution is 0.309. The van der Waals surface area contributed by atoms with Gasteiger partial charge >= 0.3 is 0 Å². The molecule has 16 heavy (non-hydrogen) atoms. The summed E-state index contributed by atoms with van der Waals surface area (Å²) in [6, 6.07) is 8.34. The van der Waals surface area contributed by atoms with Crippen LogP contribution in [0.2, 0.25) is 0 Å². The van der Waals surface area contributed by atoms with Crippen LogP contribution in [0, 0.1) is 0 Å². The summed E-state index contributed by atoms with van der Waals surface area (Å²) in [6.07, 6.45) is 2.29. The molecule has 0 aliphatic rings. The highest BCUT2D eigenvalue weighted by Crippen LogP contribution is 2.22. The molecular weight excluding hydrogens is 198 g/mol. The predicted molar refractivity (Wildman–Crippen MR) is 68.9 cm³/mol. The van der Waals surface area contributed by atoms with E-state index in [4.69, 9.17) is 4.74 Å². The van der Waals surface area contributed by atoms with Crippen molar-refractivity contribution >= 4 is 0 Å². The quantitative estimate of drug-likeness (QED) is 0.744. The van der Waals surface area contributed by atoms with Gasteiger partial charge in [-0.1, -0.05) is 25.5 Å². The van der Waals surface area contributed by atoms with Gasteiger partial charge < -0.3 is 10.1 Å². The summed E-state index contributed by atoms with van der Waals surface area (Å²) in [5.41, 5.74) is 1.29. The summed E-state index contributed by atoms with van der Waals surface area (Å²) in [7, 11) is 1.98.